The Labute approximate surface area is 343 Å². The van der Waals surface area contributed by atoms with Crippen LogP contribution in [0.5, 0.6) is 0 Å². The molecule has 1 aliphatic heterocycles. The van der Waals surface area contributed by atoms with Gasteiger partial charge in [0.1, 0.15) is 0 Å². The molecule has 0 bridgehead atoms. The van der Waals surface area contributed by atoms with Crippen molar-refractivity contribution in [2.75, 3.05) is 4.90 Å². The topological polar surface area (TPSA) is 34.0 Å². The quantitative estimate of drug-likeness (QED) is 0.179. The first kappa shape index (κ1) is 32.5. The van der Waals surface area contributed by atoms with Gasteiger partial charge in [0.05, 0.1) is 38.3 Å². The maximum Gasteiger partial charge on any atom is 0.160 e. The summed E-state index contributed by atoms with van der Waals surface area (Å²) in [4.78, 5) is 13.2. The number of hydrogen-bond acceptors (Lipinski definition) is 4. The van der Waals surface area contributed by atoms with Crippen molar-refractivity contribution >= 4 is 92.1 Å². The van der Waals surface area contributed by atoms with Crippen LogP contribution < -0.4 is 4.90 Å². The van der Waals surface area contributed by atoms with E-state index in [0.29, 0.717) is 5.82 Å². The van der Waals surface area contributed by atoms with Crippen LogP contribution in [0.4, 0.5) is 17.1 Å². The van der Waals surface area contributed by atoms with Gasteiger partial charge < -0.3 is 9.47 Å². The number of aromatic nitrogens is 3. The number of nitrogens with zero attached hydrogens (tertiary/aromatic N) is 4. The van der Waals surface area contributed by atoms with Crippen LogP contribution in [-0.2, 0) is 0 Å². The third-order valence-electron chi connectivity index (χ3n) is 12.1. The van der Waals surface area contributed by atoms with E-state index in [2.05, 4.69) is 204 Å². The van der Waals surface area contributed by atoms with Gasteiger partial charge in [0.2, 0.25) is 0 Å². The Bertz CT molecular complexity index is 3670. The lowest BCUT2D eigenvalue weighted by molar-refractivity contribution is 1.18. The molecule has 0 spiro atoms. The van der Waals surface area contributed by atoms with Crippen molar-refractivity contribution in [1.82, 2.24) is 14.5 Å². The average Bonchev–Trinajstić information content (AvgIpc) is 3.85. The zero-order valence-corrected chi connectivity index (χ0v) is 32.5. The summed E-state index contributed by atoms with van der Waals surface area (Å²) in [7, 11) is 0. The summed E-state index contributed by atoms with van der Waals surface area (Å²) in [5, 5.41) is 8.56. The van der Waals surface area contributed by atoms with Gasteiger partial charge in [-0.3, -0.25) is 0 Å². The predicted octanol–water partition coefficient (Wildman–Crippen LogP) is 15.0. The fourth-order valence-corrected chi connectivity index (χ4v) is 10.6. The summed E-state index contributed by atoms with van der Waals surface area (Å²) in [5.41, 5.74) is 13.4. The Balaban J connectivity index is 1.01. The van der Waals surface area contributed by atoms with Gasteiger partial charge >= 0.3 is 0 Å². The highest BCUT2D eigenvalue weighted by molar-refractivity contribution is 7.26. The minimum atomic E-state index is 0.711. The van der Waals surface area contributed by atoms with E-state index in [-0.39, 0.29) is 0 Å². The third-order valence-corrected chi connectivity index (χ3v) is 13.3. The normalized spacial score (nSPS) is 12.4. The molecule has 1 aliphatic rings. The van der Waals surface area contributed by atoms with Gasteiger partial charge in [-0.05, 0) is 77.0 Å². The molecule has 13 rings (SSSR count). The second kappa shape index (κ2) is 12.4. The minimum absolute atomic E-state index is 0.711. The van der Waals surface area contributed by atoms with Gasteiger partial charge in [0.15, 0.2) is 5.82 Å². The van der Waals surface area contributed by atoms with Gasteiger partial charge in [-0.1, -0.05) is 133 Å². The van der Waals surface area contributed by atoms with E-state index in [0.717, 1.165) is 49.3 Å². The fraction of sp³-hybridized carbons (Fsp3) is 0. The maximum absolute atomic E-state index is 5.46. The molecule has 0 unspecified atom stereocenters. The molecular weight excluding hydrogens is 737 g/mol. The van der Waals surface area contributed by atoms with Crippen LogP contribution in [0.3, 0.4) is 0 Å². The van der Waals surface area contributed by atoms with Gasteiger partial charge in [0, 0.05) is 59.7 Å². The lowest BCUT2D eigenvalue weighted by Crippen LogP contribution is -2.15. The average molecular weight is 769 g/mol. The van der Waals surface area contributed by atoms with Crippen molar-refractivity contribution in [3.8, 4) is 39.5 Å². The first-order chi connectivity index (χ1) is 29.3. The number of rotatable bonds is 4. The van der Waals surface area contributed by atoms with Gasteiger partial charge in [0.25, 0.3) is 0 Å². The lowest BCUT2D eigenvalue weighted by Gasteiger charge is -2.34. The second-order valence-corrected chi connectivity index (χ2v) is 16.4. The number of para-hydroxylation sites is 2. The highest BCUT2D eigenvalue weighted by Gasteiger charge is 2.28. The first-order valence-electron chi connectivity index (χ1n) is 20.0. The van der Waals surface area contributed by atoms with Crippen LogP contribution >= 0.6 is 11.3 Å². The number of fused-ring (bicyclic) bond motifs is 10. The highest BCUT2D eigenvalue weighted by Crippen LogP contribution is 2.53. The van der Waals surface area contributed by atoms with Crippen LogP contribution in [0.15, 0.2) is 194 Å². The molecule has 274 valence electrons. The molecule has 5 heteroatoms. The standard InChI is InChI=1S/C54H32N4S/c1-2-15-37(16-3-1)57-45-21-8-6-18-40(45)41-30-27-36(32-47(41)57)50-53-51(44-19-7-9-23-48(44)59-53)56-54(55-50)35-24-28-38(29-25-35)58-46-22-11-14-34-13-10-20-42(49(34)46)43-31-26-33-12-4-5-17-39(33)52(43)58/h1-32H. The van der Waals surface area contributed by atoms with Crippen molar-refractivity contribution in [2.24, 2.45) is 0 Å². The molecule has 0 saturated heterocycles. The zero-order chi connectivity index (χ0) is 38.6. The zero-order valence-electron chi connectivity index (χ0n) is 31.7. The Kier molecular flexibility index (Phi) is 6.85. The highest BCUT2D eigenvalue weighted by atomic mass is 32.1. The van der Waals surface area contributed by atoms with Gasteiger partial charge in [-0.25, -0.2) is 9.97 Å². The van der Waals surface area contributed by atoms with Crippen LogP contribution in [0.2, 0.25) is 0 Å². The molecule has 3 aromatic heterocycles. The minimum Gasteiger partial charge on any atom is -0.309 e. The van der Waals surface area contributed by atoms with E-state index in [4.69, 9.17) is 9.97 Å². The second-order valence-electron chi connectivity index (χ2n) is 15.3. The van der Waals surface area contributed by atoms with Crippen LogP contribution in [0.25, 0.3) is 103 Å². The summed E-state index contributed by atoms with van der Waals surface area (Å²) < 4.78 is 4.67. The van der Waals surface area contributed by atoms with Gasteiger partial charge in [-0.2, -0.15) is 0 Å². The Morgan fingerprint density at radius 2 is 1.15 bits per heavy atom. The van der Waals surface area contributed by atoms with Crippen molar-refractivity contribution < 1.29 is 0 Å². The Hall–Kier alpha value is -7.60. The molecule has 9 aromatic carbocycles. The summed E-state index contributed by atoms with van der Waals surface area (Å²) >= 11 is 1.77. The van der Waals surface area contributed by atoms with E-state index < -0.39 is 0 Å². The molecule has 59 heavy (non-hydrogen) atoms. The molecule has 0 atom stereocenters. The summed E-state index contributed by atoms with van der Waals surface area (Å²) in [5.74, 6) is 0.711. The molecule has 4 nitrogen and oxygen atoms in total. The Morgan fingerprint density at radius 3 is 2.03 bits per heavy atom. The number of anilines is 3. The third kappa shape index (κ3) is 4.77. The van der Waals surface area contributed by atoms with Crippen molar-refractivity contribution in [3.63, 3.8) is 0 Å². The number of thiophene rings is 1. The van der Waals surface area contributed by atoms with E-state index in [1.54, 1.807) is 11.3 Å². The predicted molar refractivity (Wildman–Crippen MR) is 249 cm³/mol. The smallest absolute Gasteiger partial charge is 0.160 e. The Morgan fingerprint density at radius 1 is 0.441 bits per heavy atom. The maximum atomic E-state index is 5.46. The SMILES string of the molecule is c1ccc(-n2c3ccccc3c3ccc(-c4nc(-c5ccc(N6c7c(ccc8ccccc78)-c7cccc8cccc6c78)cc5)nc5c4sc4ccccc45)cc32)cc1. The van der Waals surface area contributed by atoms with Crippen molar-refractivity contribution in [1.29, 1.82) is 0 Å². The summed E-state index contributed by atoms with van der Waals surface area (Å²) in [6.45, 7) is 0. The molecule has 0 N–H and O–H groups in total. The van der Waals surface area contributed by atoms with E-state index in [1.807, 2.05) is 0 Å². The molecule has 0 fully saturated rings. The molecule has 4 heterocycles. The van der Waals surface area contributed by atoms with E-state index >= 15 is 0 Å². The van der Waals surface area contributed by atoms with Crippen molar-refractivity contribution in [3.05, 3.63) is 194 Å². The molecule has 0 aliphatic carbocycles. The van der Waals surface area contributed by atoms with E-state index in [1.165, 1.54) is 65.0 Å². The monoisotopic (exact) mass is 768 g/mol. The first-order valence-corrected chi connectivity index (χ1v) is 20.8. The summed E-state index contributed by atoms with van der Waals surface area (Å²) in [6, 6.07) is 70.1. The summed E-state index contributed by atoms with van der Waals surface area (Å²) in [6.07, 6.45) is 0. The van der Waals surface area contributed by atoms with Crippen LogP contribution in [-0.4, -0.2) is 14.5 Å². The molecule has 0 saturated carbocycles. The number of benzene rings is 9. The number of hydrogen-bond donors (Lipinski definition) is 0. The molecular formula is C54H32N4S. The molecule has 12 aromatic rings. The van der Waals surface area contributed by atoms with Crippen LogP contribution in [0.1, 0.15) is 0 Å². The molecule has 0 radical (unpaired) electrons. The fourth-order valence-electron chi connectivity index (χ4n) is 9.48. The van der Waals surface area contributed by atoms with Crippen LogP contribution in [0, 0.1) is 0 Å². The van der Waals surface area contributed by atoms with Gasteiger partial charge in [-0.15, -0.1) is 11.3 Å². The largest absolute Gasteiger partial charge is 0.309 e. The van der Waals surface area contributed by atoms with Crippen molar-refractivity contribution in [2.45, 2.75) is 0 Å². The van der Waals surface area contributed by atoms with E-state index in [9.17, 15) is 0 Å². The molecule has 0 amide bonds. The lowest BCUT2D eigenvalue weighted by atomic mass is 9.88.